The zero-order valence-electron chi connectivity index (χ0n) is 11.5. The lowest BCUT2D eigenvalue weighted by Gasteiger charge is -2.27. The summed E-state index contributed by atoms with van der Waals surface area (Å²) in [5.41, 5.74) is 1.18. The number of pyridine rings is 1. The minimum absolute atomic E-state index is 0.226. The summed E-state index contributed by atoms with van der Waals surface area (Å²) < 4.78 is 11.1. The third-order valence-corrected chi connectivity index (χ3v) is 3.30. The molecule has 3 rings (SSSR count). The molecule has 1 atom stereocenters. The first kappa shape index (κ1) is 12.8. The van der Waals surface area contributed by atoms with Gasteiger partial charge in [-0.2, -0.15) is 4.98 Å². The number of fused-ring (bicyclic) bond motifs is 1. The predicted molar refractivity (Wildman–Crippen MR) is 78.3 cm³/mol. The second kappa shape index (κ2) is 5.82. The molecule has 0 aliphatic carbocycles. The van der Waals surface area contributed by atoms with E-state index in [1.807, 2.05) is 43.3 Å². The fourth-order valence-corrected chi connectivity index (χ4v) is 2.39. The Morgan fingerprint density at radius 2 is 2.15 bits per heavy atom. The van der Waals surface area contributed by atoms with Crippen molar-refractivity contribution in [3.05, 3.63) is 48.0 Å². The maximum Gasteiger partial charge on any atom is 0.215 e. The van der Waals surface area contributed by atoms with Crippen molar-refractivity contribution in [1.29, 1.82) is 0 Å². The molecule has 1 aromatic heterocycles. The van der Waals surface area contributed by atoms with Crippen LogP contribution < -0.4 is 14.8 Å². The van der Waals surface area contributed by atoms with Crippen LogP contribution in [0.4, 0.5) is 5.82 Å². The maximum absolute atomic E-state index is 5.67. The summed E-state index contributed by atoms with van der Waals surface area (Å²) in [6.07, 6.45) is 0.928. The molecule has 1 N–H and O–H groups in total. The highest BCUT2D eigenvalue weighted by atomic mass is 16.5. The predicted octanol–water partition coefficient (Wildman–Crippen LogP) is 3.42. The molecule has 20 heavy (non-hydrogen) atoms. The van der Waals surface area contributed by atoms with Crippen molar-refractivity contribution < 1.29 is 9.47 Å². The lowest BCUT2D eigenvalue weighted by atomic mass is 10.0. The second-order valence-electron chi connectivity index (χ2n) is 4.67. The Balaban J connectivity index is 1.80. The van der Waals surface area contributed by atoms with Gasteiger partial charge in [0.25, 0.3) is 0 Å². The molecule has 0 bridgehead atoms. The lowest BCUT2D eigenvalue weighted by molar-refractivity contribution is 0.274. The lowest BCUT2D eigenvalue weighted by Crippen LogP contribution is -2.20. The molecular weight excluding hydrogens is 252 g/mol. The Kier molecular flexibility index (Phi) is 3.72. The van der Waals surface area contributed by atoms with Crippen molar-refractivity contribution in [2.75, 3.05) is 18.5 Å². The Labute approximate surface area is 118 Å². The van der Waals surface area contributed by atoms with Gasteiger partial charge in [-0.05, 0) is 19.1 Å². The molecular formula is C16H18N2O2. The highest BCUT2D eigenvalue weighted by molar-refractivity contribution is 5.45. The Morgan fingerprint density at radius 1 is 1.25 bits per heavy atom. The van der Waals surface area contributed by atoms with Crippen LogP contribution in [0.5, 0.6) is 11.6 Å². The Bertz CT molecular complexity index is 586. The van der Waals surface area contributed by atoms with Crippen molar-refractivity contribution in [3.8, 4) is 11.6 Å². The zero-order valence-corrected chi connectivity index (χ0v) is 11.5. The summed E-state index contributed by atoms with van der Waals surface area (Å²) in [5.74, 6) is 2.44. The summed E-state index contributed by atoms with van der Waals surface area (Å²) in [6, 6.07) is 14.1. The van der Waals surface area contributed by atoms with Crippen molar-refractivity contribution in [1.82, 2.24) is 4.98 Å². The summed E-state index contributed by atoms with van der Waals surface area (Å²) in [7, 11) is 0. The van der Waals surface area contributed by atoms with E-state index in [4.69, 9.17) is 9.47 Å². The van der Waals surface area contributed by atoms with Gasteiger partial charge in [0, 0.05) is 18.1 Å². The molecule has 2 heterocycles. The molecule has 1 unspecified atom stereocenters. The number of nitrogens with one attached hydrogen (secondary N) is 1. The van der Waals surface area contributed by atoms with E-state index in [-0.39, 0.29) is 6.04 Å². The van der Waals surface area contributed by atoms with Crippen LogP contribution in [0.1, 0.15) is 24.9 Å². The number of benzene rings is 1. The highest BCUT2D eigenvalue weighted by Gasteiger charge is 2.21. The first-order chi connectivity index (χ1) is 9.86. The van der Waals surface area contributed by atoms with Gasteiger partial charge in [0.15, 0.2) is 0 Å². The van der Waals surface area contributed by atoms with Crippen LogP contribution in [0.2, 0.25) is 0 Å². The monoisotopic (exact) mass is 270 g/mol. The van der Waals surface area contributed by atoms with Crippen LogP contribution in [-0.4, -0.2) is 18.2 Å². The van der Waals surface area contributed by atoms with Gasteiger partial charge in [0.05, 0.1) is 19.3 Å². The van der Waals surface area contributed by atoms with Gasteiger partial charge >= 0.3 is 0 Å². The third-order valence-electron chi connectivity index (χ3n) is 3.30. The van der Waals surface area contributed by atoms with Crippen molar-refractivity contribution >= 4 is 5.82 Å². The van der Waals surface area contributed by atoms with E-state index in [1.165, 1.54) is 5.56 Å². The van der Waals surface area contributed by atoms with Gasteiger partial charge in [-0.1, -0.05) is 24.3 Å². The number of hydrogen-bond acceptors (Lipinski definition) is 4. The SMILES string of the molecule is CCOc1cccc(NC2CCOc3ccccc32)n1. The quantitative estimate of drug-likeness (QED) is 0.924. The van der Waals surface area contributed by atoms with E-state index in [0.717, 1.165) is 24.6 Å². The largest absolute Gasteiger partial charge is 0.493 e. The van der Waals surface area contributed by atoms with Gasteiger partial charge in [-0.25, -0.2) is 0 Å². The van der Waals surface area contributed by atoms with E-state index >= 15 is 0 Å². The van der Waals surface area contributed by atoms with Crippen LogP contribution in [0.25, 0.3) is 0 Å². The number of aromatic nitrogens is 1. The first-order valence-electron chi connectivity index (χ1n) is 6.95. The van der Waals surface area contributed by atoms with Gasteiger partial charge in [0.1, 0.15) is 11.6 Å². The van der Waals surface area contributed by atoms with Gasteiger partial charge in [-0.15, -0.1) is 0 Å². The Hall–Kier alpha value is -2.23. The average molecular weight is 270 g/mol. The normalized spacial score (nSPS) is 16.9. The van der Waals surface area contributed by atoms with Crippen LogP contribution in [0, 0.1) is 0 Å². The number of para-hydroxylation sites is 1. The smallest absolute Gasteiger partial charge is 0.215 e. The molecule has 2 aromatic rings. The molecule has 0 saturated carbocycles. The second-order valence-corrected chi connectivity index (χ2v) is 4.67. The van der Waals surface area contributed by atoms with Gasteiger partial charge < -0.3 is 14.8 Å². The number of nitrogens with zero attached hydrogens (tertiary/aromatic N) is 1. The molecule has 104 valence electrons. The zero-order chi connectivity index (χ0) is 13.8. The van der Waals surface area contributed by atoms with Crippen LogP contribution in [0.15, 0.2) is 42.5 Å². The molecule has 0 saturated heterocycles. The van der Waals surface area contributed by atoms with Crippen molar-refractivity contribution in [2.45, 2.75) is 19.4 Å². The molecule has 4 nitrogen and oxygen atoms in total. The number of hydrogen-bond donors (Lipinski definition) is 1. The van der Waals surface area contributed by atoms with Crippen molar-refractivity contribution in [3.63, 3.8) is 0 Å². The molecule has 1 aliphatic heterocycles. The molecule has 4 heteroatoms. The van der Waals surface area contributed by atoms with E-state index in [0.29, 0.717) is 12.5 Å². The van der Waals surface area contributed by atoms with Crippen LogP contribution in [-0.2, 0) is 0 Å². The molecule has 0 amide bonds. The van der Waals surface area contributed by atoms with Gasteiger partial charge in [-0.3, -0.25) is 0 Å². The van der Waals surface area contributed by atoms with E-state index in [2.05, 4.69) is 16.4 Å². The first-order valence-corrected chi connectivity index (χ1v) is 6.95. The fourth-order valence-electron chi connectivity index (χ4n) is 2.39. The topological polar surface area (TPSA) is 43.4 Å². The summed E-state index contributed by atoms with van der Waals surface area (Å²) >= 11 is 0. The number of anilines is 1. The van der Waals surface area contributed by atoms with Gasteiger partial charge in [0.2, 0.25) is 5.88 Å². The number of rotatable bonds is 4. The van der Waals surface area contributed by atoms with E-state index in [1.54, 1.807) is 0 Å². The van der Waals surface area contributed by atoms with E-state index < -0.39 is 0 Å². The number of ether oxygens (including phenoxy) is 2. The minimum atomic E-state index is 0.226. The standard InChI is InChI=1S/C16H18N2O2/c1-2-19-16-9-5-8-15(18-16)17-13-10-11-20-14-7-4-3-6-12(13)14/h3-9,13H,2,10-11H2,1H3,(H,17,18). The molecule has 0 spiro atoms. The summed E-state index contributed by atoms with van der Waals surface area (Å²) in [5, 5.41) is 3.46. The molecule has 1 aromatic carbocycles. The summed E-state index contributed by atoms with van der Waals surface area (Å²) in [6.45, 7) is 3.30. The molecule has 1 aliphatic rings. The molecule has 0 radical (unpaired) electrons. The Morgan fingerprint density at radius 3 is 3.05 bits per heavy atom. The molecule has 0 fully saturated rings. The average Bonchev–Trinajstić information content (AvgIpc) is 2.48. The van der Waals surface area contributed by atoms with E-state index in [9.17, 15) is 0 Å². The highest BCUT2D eigenvalue weighted by Crippen LogP contribution is 2.33. The van der Waals surface area contributed by atoms with Crippen LogP contribution in [0.3, 0.4) is 0 Å². The van der Waals surface area contributed by atoms with Crippen LogP contribution >= 0.6 is 0 Å². The summed E-state index contributed by atoms with van der Waals surface area (Å²) in [4.78, 5) is 4.46. The maximum atomic E-state index is 5.67. The fraction of sp³-hybridized carbons (Fsp3) is 0.312. The third kappa shape index (κ3) is 2.69. The minimum Gasteiger partial charge on any atom is -0.493 e. The van der Waals surface area contributed by atoms with Crippen molar-refractivity contribution in [2.24, 2.45) is 0 Å².